The summed E-state index contributed by atoms with van der Waals surface area (Å²) in [6, 6.07) is 0. The highest BCUT2D eigenvalue weighted by atomic mass is 16.7. The minimum Gasteiger partial charge on any atom is -0.386 e. The van der Waals surface area contributed by atoms with Crippen molar-refractivity contribution in [2.45, 2.75) is 66.9 Å². The molecule has 0 spiro atoms. The van der Waals surface area contributed by atoms with E-state index in [4.69, 9.17) is 14.0 Å². The summed E-state index contributed by atoms with van der Waals surface area (Å²) >= 11 is 0. The van der Waals surface area contributed by atoms with E-state index in [9.17, 15) is 0 Å². The summed E-state index contributed by atoms with van der Waals surface area (Å²) in [7, 11) is -0.639. The van der Waals surface area contributed by atoms with Crippen LogP contribution in [0.2, 0.25) is 0 Å². The lowest BCUT2D eigenvalue weighted by molar-refractivity contribution is 0.0152. The summed E-state index contributed by atoms with van der Waals surface area (Å²) in [6.45, 7) is 19.8. The Morgan fingerprint density at radius 2 is 1.59 bits per heavy atom. The number of hydrogen-bond acceptors (Lipinski definition) is 3. The van der Waals surface area contributed by atoms with Crippen molar-refractivity contribution in [2.24, 2.45) is 11.8 Å². The molecule has 0 aromatic heterocycles. The van der Waals surface area contributed by atoms with E-state index in [0.717, 1.165) is 12.8 Å². The maximum Gasteiger partial charge on any atom is 0.640 e. The van der Waals surface area contributed by atoms with Gasteiger partial charge in [-0.3, -0.25) is 0 Å². The molecule has 0 saturated heterocycles. The van der Waals surface area contributed by atoms with Crippen molar-refractivity contribution in [1.29, 1.82) is 0 Å². The van der Waals surface area contributed by atoms with Crippen molar-refractivity contribution >= 4 is 7.32 Å². The van der Waals surface area contributed by atoms with Crippen LogP contribution in [0.25, 0.3) is 0 Å². The number of rotatable bonds is 12. The van der Waals surface area contributed by atoms with Crippen molar-refractivity contribution < 1.29 is 14.0 Å². The average molecular weight is 310 g/mol. The topological polar surface area (TPSA) is 27.7 Å². The van der Waals surface area contributed by atoms with Gasteiger partial charge in [-0.1, -0.05) is 45.4 Å². The minimum atomic E-state index is -0.639. The second-order valence-corrected chi connectivity index (χ2v) is 7.20. The predicted octanol–water partition coefficient (Wildman–Crippen LogP) is 5.02. The van der Waals surface area contributed by atoms with Crippen LogP contribution >= 0.6 is 0 Å². The lowest BCUT2D eigenvalue weighted by Crippen LogP contribution is -2.39. The van der Waals surface area contributed by atoms with Gasteiger partial charge in [0.05, 0.1) is 5.60 Å². The molecule has 4 heteroatoms. The summed E-state index contributed by atoms with van der Waals surface area (Å²) in [5.74, 6) is 0.879. The van der Waals surface area contributed by atoms with Gasteiger partial charge >= 0.3 is 7.32 Å². The molecule has 0 aliphatic carbocycles. The fraction of sp³-hybridized carbons (Fsp3) is 0.778. The molecule has 0 bridgehead atoms. The van der Waals surface area contributed by atoms with Crippen LogP contribution in [0.4, 0.5) is 0 Å². The Hall–Kier alpha value is -0.575. The van der Waals surface area contributed by atoms with Gasteiger partial charge < -0.3 is 14.0 Å². The van der Waals surface area contributed by atoms with E-state index in [2.05, 4.69) is 54.2 Å². The van der Waals surface area contributed by atoms with Crippen molar-refractivity contribution in [3.8, 4) is 0 Å². The third-order valence-electron chi connectivity index (χ3n) is 3.12. The Morgan fingerprint density at radius 1 is 1.09 bits per heavy atom. The van der Waals surface area contributed by atoms with E-state index in [-0.39, 0.29) is 0 Å². The average Bonchev–Trinajstić information content (AvgIpc) is 2.41. The first-order valence-corrected chi connectivity index (χ1v) is 8.36. The smallest absolute Gasteiger partial charge is 0.386 e. The zero-order chi connectivity index (χ0) is 17.2. The Balaban J connectivity index is 4.65. The molecule has 0 heterocycles. The summed E-state index contributed by atoms with van der Waals surface area (Å²) in [5, 5.41) is 0. The highest BCUT2D eigenvalue weighted by molar-refractivity contribution is 6.36. The first-order chi connectivity index (χ1) is 10.2. The van der Waals surface area contributed by atoms with Crippen LogP contribution in [0, 0.1) is 11.8 Å². The minimum absolute atomic E-state index is 0.439. The number of hydrogen-bond donors (Lipinski definition) is 0. The molecule has 0 fully saturated rings. The second kappa shape index (κ2) is 11.0. The summed E-state index contributed by atoms with van der Waals surface area (Å²) in [4.78, 5) is 0. The lowest BCUT2D eigenvalue weighted by atomic mass is 9.96. The Labute approximate surface area is 138 Å². The van der Waals surface area contributed by atoms with Crippen LogP contribution < -0.4 is 0 Å². The molecule has 0 aromatic rings. The standard InChI is InChI=1S/C18H35BO3/c1-9-18(8,12-10-11-15(2)3)22-19(20-13-16(4)5)21-14-17(6)7/h9,11,16-17H,1,10,12-14H2,2-8H3. The van der Waals surface area contributed by atoms with E-state index in [1.54, 1.807) is 0 Å². The van der Waals surface area contributed by atoms with Gasteiger partial charge in [-0.25, -0.2) is 0 Å². The third kappa shape index (κ3) is 11.1. The number of allylic oxidation sites excluding steroid dienone is 2. The normalized spacial score (nSPS) is 14.0. The SMILES string of the molecule is C=CC(C)(CCC=C(C)C)OB(OCC(C)C)OCC(C)C. The van der Waals surface area contributed by atoms with Crippen LogP contribution in [0.5, 0.6) is 0 Å². The first-order valence-electron chi connectivity index (χ1n) is 8.36. The van der Waals surface area contributed by atoms with Gasteiger partial charge in [0.15, 0.2) is 0 Å². The van der Waals surface area contributed by atoms with Crippen LogP contribution in [0.3, 0.4) is 0 Å². The summed E-state index contributed by atoms with van der Waals surface area (Å²) < 4.78 is 17.6. The molecular weight excluding hydrogens is 275 g/mol. The zero-order valence-corrected chi connectivity index (χ0v) is 15.6. The van der Waals surface area contributed by atoms with Crippen molar-refractivity contribution in [3.63, 3.8) is 0 Å². The fourth-order valence-electron chi connectivity index (χ4n) is 1.73. The lowest BCUT2D eigenvalue weighted by Gasteiger charge is -2.29. The quantitative estimate of drug-likeness (QED) is 0.374. The molecule has 1 unspecified atom stereocenters. The van der Waals surface area contributed by atoms with Gasteiger partial charge in [-0.05, 0) is 45.4 Å². The monoisotopic (exact) mass is 310 g/mol. The summed E-state index contributed by atoms with van der Waals surface area (Å²) in [5.41, 5.74) is 0.861. The van der Waals surface area contributed by atoms with E-state index < -0.39 is 12.9 Å². The molecule has 22 heavy (non-hydrogen) atoms. The van der Waals surface area contributed by atoms with Crippen molar-refractivity contribution in [2.75, 3.05) is 13.2 Å². The molecular formula is C18H35BO3. The molecule has 0 saturated carbocycles. The molecule has 0 rings (SSSR count). The van der Waals surface area contributed by atoms with Gasteiger partial charge in [0.25, 0.3) is 0 Å². The molecule has 0 aliphatic rings. The molecule has 3 nitrogen and oxygen atoms in total. The molecule has 0 aliphatic heterocycles. The Kier molecular flexibility index (Phi) is 10.7. The molecule has 128 valence electrons. The van der Waals surface area contributed by atoms with Crippen molar-refractivity contribution in [3.05, 3.63) is 24.3 Å². The Morgan fingerprint density at radius 3 is 1.95 bits per heavy atom. The maximum atomic E-state index is 6.08. The predicted molar refractivity (Wildman–Crippen MR) is 95.7 cm³/mol. The fourth-order valence-corrected chi connectivity index (χ4v) is 1.73. The van der Waals surface area contributed by atoms with Gasteiger partial charge in [-0.2, -0.15) is 0 Å². The molecule has 0 N–H and O–H groups in total. The first kappa shape index (κ1) is 21.4. The van der Waals surface area contributed by atoms with E-state index in [1.165, 1.54) is 5.57 Å². The highest BCUT2D eigenvalue weighted by Crippen LogP contribution is 2.22. The summed E-state index contributed by atoms with van der Waals surface area (Å²) in [6.07, 6.45) is 5.86. The van der Waals surface area contributed by atoms with Crippen LogP contribution in [0.1, 0.15) is 61.3 Å². The highest BCUT2D eigenvalue weighted by Gasteiger charge is 2.32. The van der Waals surface area contributed by atoms with Gasteiger partial charge in [-0.15, -0.1) is 6.58 Å². The van der Waals surface area contributed by atoms with E-state index in [1.807, 2.05) is 13.0 Å². The molecule has 0 radical (unpaired) electrons. The third-order valence-corrected chi connectivity index (χ3v) is 3.12. The van der Waals surface area contributed by atoms with Crippen molar-refractivity contribution in [1.82, 2.24) is 0 Å². The van der Waals surface area contributed by atoms with E-state index >= 15 is 0 Å². The zero-order valence-electron chi connectivity index (χ0n) is 15.6. The Bertz CT molecular complexity index is 323. The van der Waals surface area contributed by atoms with E-state index in [0.29, 0.717) is 25.0 Å². The van der Waals surface area contributed by atoms with Crippen LogP contribution in [-0.2, 0) is 14.0 Å². The van der Waals surface area contributed by atoms with Gasteiger partial charge in [0.1, 0.15) is 0 Å². The molecule has 1 atom stereocenters. The van der Waals surface area contributed by atoms with Crippen LogP contribution in [0.15, 0.2) is 24.3 Å². The molecule has 0 amide bonds. The van der Waals surface area contributed by atoms with Gasteiger partial charge in [0.2, 0.25) is 0 Å². The largest absolute Gasteiger partial charge is 0.640 e. The van der Waals surface area contributed by atoms with Crippen LogP contribution in [-0.4, -0.2) is 26.1 Å². The maximum absolute atomic E-state index is 6.08. The second-order valence-electron chi connectivity index (χ2n) is 7.20. The molecule has 0 aromatic carbocycles. The van der Waals surface area contributed by atoms with Gasteiger partial charge in [0, 0.05) is 13.2 Å².